The van der Waals surface area contributed by atoms with E-state index in [2.05, 4.69) is 10.3 Å². The van der Waals surface area contributed by atoms with E-state index in [0.29, 0.717) is 10.7 Å². The first-order chi connectivity index (χ1) is 14.0. The lowest BCUT2D eigenvalue weighted by Crippen LogP contribution is -2.54. The molecule has 29 heavy (non-hydrogen) atoms. The average Bonchev–Trinajstić information content (AvgIpc) is 2.73. The minimum Gasteiger partial charge on any atom is -0.298 e. The molecule has 0 bridgehead atoms. The maximum absolute atomic E-state index is 13.2. The second kappa shape index (κ2) is 7.95. The fourth-order valence-electron chi connectivity index (χ4n) is 3.05. The first kappa shape index (κ1) is 19.0. The third-order valence-corrected chi connectivity index (χ3v) is 4.98. The van der Waals surface area contributed by atoms with Crippen LogP contribution in [0.25, 0.3) is 17.2 Å². The van der Waals surface area contributed by atoms with E-state index >= 15 is 0 Å². The highest BCUT2D eigenvalue weighted by Crippen LogP contribution is 2.27. The maximum atomic E-state index is 13.2. The number of aromatic nitrogens is 1. The molecule has 5 nitrogen and oxygen atoms in total. The van der Waals surface area contributed by atoms with Crippen molar-refractivity contribution in [2.24, 2.45) is 0 Å². The van der Waals surface area contributed by atoms with E-state index in [1.165, 1.54) is 4.90 Å². The van der Waals surface area contributed by atoms with Crippen LogP contribution in [0.2, 0.25) is 5.02 Å². The number of thiocarbonyl (C=S) groups is 1. The van der Waals surface area contributed by atoms with Gasteiger partial charge in [0.1, 0.15) is 5.57 Å². The number of hydrogen-bond donors (Lipinski definition) is 1. The zero-order chi connectivity index (χ0) is 20.4. The number of carbonyl (C=O) groups excluding carboxylic acids is 2. The summed E-state index contributed by atoms with van der Waals surface area (Å²) in [6, 6.07) is 17.9. The van der Waals surface area contributed by atoms with Crippen LogP contribution in [-0.2, 0) is 9.59 Å². The Morgan fingerprint density at radius 3 is 2.38 bits per heavy atom. The Hall–Kier alpha value is -3.35. The smallest absolute Gasteiger partial charge is 0.270 e. The van der Waals surface area contributed by atoms with Gasteiger partial charge in [-0.15, -0.1) is 0 Å². The zero-order valence-corrected chi connectivity index (χ0v) is 16.6. The Kier molecular flexibility index (Phi) is 5.20. The van der Waals surface area contributed by atoms with E-state index < -0.39 is 11.8 Å². The molecule has 7 heteroatoms. The van der Waals surface area contributed by atoms with Gasteiger partial charge >= 0.3 is 0 Å². The van der Waals surface area contributed by atoms with Crippen molar-refractivity contribution in [3.63, 3.8) is 0 Å². The van der Waals surface area contributed by atoms with Gasteiger partial charge in [-0.3, -0.25) is 24.8 Å². The Morgan fingerprint density at radius 1 is 0.966 bits per heavy atom. The van der Waals surface area contributed by atoms with Crippen LogP contribution in [-0.4, -0.2) is 21.9 Å². The molecule has 1 N–H and O–H groups in total. The highest BCUT2D eigenvalue weighted by atomic mass is 35.5. The summed E-state index contributed by atoms with van der Waals surface area (Å²) in [6.07, 6.45) is 4.97. The number of carbonyl (C=O) groups is 2. The van der Waals surface area contributed by atoms with Crippen molar-refractivity contribution in [1.82, 2.24) is 10.3 Å². The lowest BCUT2D eigenvalue weighted by Gasteiger charge is -2.29. The van der Waals surface area contributed by atoms with Gasteiger partial charge in [-0.1, -0.05) is 35.9 Å². The Labute approximate surface area is 177 Å². The van der Waals surface area contributed by atoms with E-state index in [-0.39, 0.29) is 10.7 Å². The first-order valence-corrected chi connectivity index (χ1v) is 9.49. The molecule has 142 valence electrons. The van der Waals surface area contributed by atoms with E-state index in [1.807, 2.05) is 36.4 Å². The molecule has 3 aromatic rings. The highest BCUT2D eigenvalue weighted by Gasteiger charge is 2.34. The number of hydrogen-bond acceptors (Lipinski definition) is 4. The molecule has 2 aromatic carbocycles. The predicted molar refractivity (Wildman–Crippen MR) is 117 cm³/mol. The molecule has 0 aliphatic carbocycles. The molecule has 0 spiro atoms. The number of nitrogens with one attached hydrogen (secondary N) is 1. The summed E-state index contributed by atoms with van der Waals surface area (Å²) < 4.78 is 0. The van der Waals surface area contributed by atoms with Crippen molar-refractivity contribution in [2.75, 3.05) is 4.90 Å². The van der Waals surface area contributed by atoms with Gasteiger partial charge in [0.15, 0.2) is 5.11 Å². The molecule has 0 radical (unpaired) electrons. The van der Waals surface area contributed by atoms with Crippen LogP contribution in [0, 0.1) is 0 Å². The summed E-state index contributed by atoms with van der Waals surface area (Å²) >= 11 is 11.2. The van der Waals surface area contributed by atoms with Gasteiger partial charge < -0.3 is 0 Å². The highest BCUT2D eigenvalue weighted by molar-refractivity contribution is 7.80. The molecular formula is C22H14ClN3O2S. The van der Waals surface area contributed by atoms with Gasteiger partial charge in [0.05, 0.1) is 5.69 Å². The average molecular weight is 420 g/mol. The van der Waals surface area contributed by atoms with E-state index in [0.717, 1.165) is 16.7 Å². The number of amides is 2. The molecule has 2 heterocycles. The summed E-state index contributed by atoms with van der Waals surface area (Å²) in [5.74, 6) is -1.03. The fourth-order valence-corrected chi connectivity index (χ4v) is 3.46. The number of halogens is 1. The van der Waals surface area contributed by atoms with Crippen molar-refractivity contribution in [2.45, 2.75) is 0 Å². The minimum atomic E-state index is -0.533. The monoisotopic (exact) mass is 419 g/mol. The summed E-state index contributed by atoms with van der Waals surface area (Å²) in [5.41, 5.74) is 3.07. The summed E-state index contributed by atoms with van der Waals surface area (Å²) in [4.78, 5) is 31.0. The van der Waals surface area contributed by atoms with Gasteiger partial charge in [0.25, 0.3) is 11.8 Å². The standard InChI is InChI=1S/C22H14ClN3O2S/c23-16-5-7-17(8-6-16)26-21(28)19(20(27)25-22(26)29)13-15-3-1-2-4-18(15)14-9-11-24-12-10-14/h1-13H,(H,25,27,29)/b19-13-. The number of benzene rings is 2. The third-order valence-electron chi connectivity index (χ3n) is 4.44. The van der Waals surface area contributed by atoms with Gasteiger partial charge in [-0.25, -0.2) is 0 Å². The first-order valence-electron chi connectivity index (χ1n) is 8.71. The maximum Gasteiger partial charge on any atom is 0.270 e. The number of nitrogens with zero attached hydrogens (tertiary/aromatic N) is 2. The van der Waals surface area contributed by atoms with Crippen LogP contribution in [0.5, 0.6) is 0 Å². The quantitative estimate of drug-likeness (QED) is 0.392. The van der Waals surface area contributed by atoms with Gasteiger partial charge in [0, 0.05) is 17.4 Å². The molecule has 4 rings (SSSR count). The Balaban J connectivity index is 1.78. The predicted octanol–water partition coefficient (Wildman–Crippen LogP) is 4.23. The second-order valence-electron chi connectivity index (χ2n) is 6.26. The molecular weight excluding hydrogens is 406 g/mol. The summed E-state index contributed by atoms with van der Waals surface area (Å²) in [7, 11) is 0. The second-order valence-corrected chi connectivity index (χ2v) is 7.08. The largest absolute Gasteiger partial charge is 0.298 e. The summed E-state index contributed by atoms with van der Waals surface area (Å²) in [6.45, 7) is 0. The van der Waals surface area contributed by atoms with Crippen molar-refractivity contribution >= 4 is 52.5 Å². The molecule has 0 unspecified atom stereocenters. The van der Waals surface area contributed by atoms with Crippen molar-refractivity contribution in [3.05, 3.63) is 89.2 Å². The lowest BCUT2D eigenvalue weighted by atomic mass is 9.98. The number of rotatable bonds is 3. The lowest BCUT2D eigenvalue weighted by molar-refractivity contribution is -0.122. The van der Waals surface area contributed by atoms with Crippen LogP contribution in [0.1, 0.15) is 5.56 Å². The minimum absolute atomic E-state index is 0.00458. The molecule has 2 amide bonds. The molecule has 1 fully saturated rings. The van der Waals surface area contributed by atoms with Crippen molar-refractivity contribution < 1.29 is 9.59 Å². The van der Waals surface area contributed by atoms with E-state index in [4.69, 9.17) is 23.8 Å². The Bertz CT molecular complexity index is 1140. The van der Waals surface area contributed by atoms with Crippen molar-refractivity contribution in [1.29, 1.82) is 0 Å². The molecule has 0 saturated carbocycles. The van der Waals surface area contributed by atoms with Gasteiger partial charge in [-0.2, -0.15) is 0 Å². The van der Waals surface area contributed by atoms with Crippen LogP contribution in [0.15, 0.2) is 78.6 Å². The molecule has 1 aliphatic heterocycles. The Morgan fingerprint density at radius 2 is 1.66 bits per heavy atom. The molecule has 1 aliphatic rings. The topological polar surface area (TPSA) is 62.3 Å². The van der Waals surface area contributed by atoms with Gasteiger partial charge in [0.2, 0.25) is 0 Å². The van der Waals surface area contributed by atoms with Gasteiger partial charge in [-0.05, 0) is 71.4 Å². The number of pyridine rings is 1. The van der Waals surface area contributed by atoms with Crippen LogP contribution >= 0.6 is 23.8 Å². The summed E-state index contributed by atoms with van der Waals surface area (Å²) in [5, 5.41) is 3.16. The number of anilines is 1. The van der Waals surface area contributed by atoms with Crippen LogP contribution in [0.4, 0.5) is 5.69 Å². The SMILES string of the molecule is O=C1NC(=S)N(c2ccc(Cl)cc2)C(=O)/C1=C\c1ccccc1-c1ccncc1. The van der Waals surface area contributed by atoms with Crippen LogP contribution in [0.3, 0.4) is 0 Å². The zero-order valence-electron chi connectivity index (χ0n) is 15.0. The fraction of sp³-hybridized carbons (Fsp3) is 0. The van der Waals surface area contributed by atoms with E-state index in [1.54, 1.807) is 42.7 Å². The van der Waals surface area contributed by atoms with Crippen molar-refractivity contribution in [3.8, 4) is 11.1 Å². The normalized spacial score (nSPS) is 15.6. The van der Waals surface area contributed by atoms with E-state index in [9.17, 15) is 9.59 Å². The van der Waals surface area contributed by atoms with Crippen LogP contribution < -0.4 is 10.2 Å². The molecule has 0 atom stereocenters. The molecule has 1 aromatic heterocycles. The molecule has 1 saturated heterocycles. The third kappa shape index (κ3) is 3.81.